The van der Waals surface area contributed by atoms with Crippen molar-refractivity contribution in [3.63, 3.8) is 0 Å². The number of sulfone groups is 1. The molecule has 0 saturated carbocycles. The molecule has 2 N–H and O–H groups in total. The van der Waals surface area contributed by atoms with Gasteiger partial charge in [-0.15, -0.1) is 5.10 Å². The SMILES string of the molecule is COCCCN1CCOc2ccc(C(O[C@H]3CN[C@@H](C[C@@H](C)c4nnn[nH]4)C[C@@H]3c3ccc(OC)cc3)S(=O)(=O)c3ccc(C)cc3)cc21. The predicted molar refractivity (Wildman–Crippen MR) is 186 cm³/mol. The maximum absolute atomic E-state index is 14.6. The number of nitrogens with zero attached hydrogens (tertiary/aromatic N) is 4. The number of H-pyrrole nitrogens is 1. The van der Waals surface area contributed by atoms with E-state index in [1.807, 2.05) is 61.5 Å². The van der Waals surface area contributed by atoms with Gasteiger partial charge in [0, 0.05) is 44.7 Å². The van der Waals surface area contributed by atoms with Gasteiger partial charge in [0.1, 0.15) is 18.1 Å². The third kappa shape index (κ3) is 8.07. The van der Waals surface area contributed by atoms with Crippen molar-refractivity contribution >= 4 is 15.5 Å². The van der Waals surface area contributed by atoms with Crippen LogP contribution in [0.25, 0.3) is 0 Å². The lowest BCUT2D eigenvalue weighted by Gasteiger charge is -2.40. The summed E-state index contributed by atoms with van der Waals surface area (Å²) in [6.45, 7) is 7.15. The van der Waals surface area contributed by atoms with E-state index >= 15 is 0 Å². The zero-order valence-electron chi connectivity index (χ0n) is 28.5. The number of tetrazole rings is 1. The van der Waals surface area contributed by atoms with Crippen LogP contribution in [0, 0.1) is 6.92 Å². The maximum Gasteiger partial charge on any atom is 0.209 e. The highest BCUT2D eigenvalue weighted by molar-refractivity contribution is 7.91. The van der Waals surface area contributed by atoms with Crippen LogP contribution in [0.3, 0.4) is 0 Å². The summed E-state index contributed by atoms with van der Waals surface area (Å²) in [7, 11) is -0.652. The molecule has 4 aromatic rings. The largest absolute Gasteiger partial charge is 0.497 e. The number of ether oxygens (including phenoxy) is 4. The molecule has 3 aromatic carbocycles. The van der Waals surface area contributed by atoms with Gasteiger partial charge in [0.25, 0.3) is 0 Å². The van der Waals surface area contributed by atoms with Gasteiger partial charge >= 0.3 is 0 Å². The number of aromatic nitrogens is 4. The number of fused-ring (bicyclic) bond motifs is 1. The van der Waals surface area contributed by atoms with Crippen molar-refractivity contribution in [3.05, 3.63) is 89.2 Å². The fourth-order valence-corrected chi connectivity index (χ4v) is 8.37. The van der Waals surface area contributed by atoms with Crippen LogP contribution in [0.1, 0.15) is 66.0 Å². The first-order valence-electron chi connectivity index (χ1n) is 16.8. The summed E-state index contributed by atoms with van der Waals surface area (Å²) in [6, 6.07) is 20.7. The van der Waals surface area contributed by atoms with Crippen LogP contribution in [0.15, 0.2) is 71.6 Å². The van der Waals surface area contributed by atoms with Gasteiger partial charge in [0.15, 0.2) is 11.3 Å². The van der Waals surface area contributed by atoms with Crippen molar-refractivity contribution in [2.24, 2.45) is 0 Å². The molecule has 3 heterocycles. The molecule has 49 heavy (non-hydrogen) atoms. The van der Waals surface area contributed by atoms with E-state index in [9.17, 15) is 8.42 Å². The number of benzene rings is 3. The zero-order chi connectivity index (χ0) is 34.4. The minimum absolute atomic E-state index is 0.0978. The van der Waals surface area contributed by atoms with Gasteiger partial charge in [-0.3, -0.25) is 0 Å². The summed E-state index contributed by atoms with van der Waals surface area (Å²) in [5.74, 6) is 2.22. The topological polar surface area (TPSA) is 141 Å². The van der Waals surface area contributed by atoms with Crippen LogP contribution in [-0.2, 0) is 19.3 Å². The van der Waals surface area contributed by atoms with Gasteiger partial charge in [-0.2, -0.15) is 0 Å². The predicted octanol–water partition coefficient (Wildman–Crippen LogP) is 4.95. The zero-order valence-corrected chi connectivity index (χ0v) is 29.4. The van der Waals surface area contributed by atoms with Crippen molar-refractivity contribution in [1.82, 2.24) is 25.9 Å². The standard InChI is InChI=1S/C36H46N6O6S/c1-24-6-13-30(14-7-24)49(43,44)36(27-10-15-33-32(21-27)42(17-19-47-33)16-5-18-45-3)48-34-23-37-28(20-25(2)35-38-40-41-39-35)22-31(34)26-8-11-29(46-4)12-9-26/h6-15,21,25,28,31,34,36-37H,5,16-20,22-23H2,1-4H3,(H,38,39,40,41)/t25-,28+,31-,34+,36?/m1/s1. The van der Waals surface area contributed by atoms with E-state index in [2.05, 4.69) is 37.8 Å². The molecule has 13 heteroatoms. The molecule has 1 fully saturated rings. The summed E-state index contributed by atoms with van der Waals surface area (Å²) in [6.07, 6.45) is 1.91. The van der Waals surface area contributed by atoms with Crippen LogP contribution < -0.4 is 19.7 Å². The van der Waals surface area contributed by atoms with Crippen LogP contribution in [0.4, 0.5) is 5.69 Å². The summed E-state index contributed by atoms with van der Waals surface area (Å²) in [5.41, 5.74) is 2.19. The number of hydrogen-bond acceptors (Lipinski definition) is 11. The second-order valence-corrected chi connectivity index (χ2v) is 14.9. The molecule has 0 aliphatic carbocycles. The quantitative estimate of drug-likeness (QED) is 0.174. The molecule has 1 aromatic heterocycles. The monoisotopic (exact) mass is 690 g/mol. The Morgan fingerprint density at radius 3 is 2.57 bits per heavy atom. The third-order valence-electron chi connectivity index (χ3n) is 9.53. The summed E-state index contributed by atoms with van der Waals surface area (Å²) >= 11 is 0. The van der Waals surface area contributed by atoms with E-state index < -0.39 is 21.4 Å². The number of anilines is 1. The minimum Gasteiger partial charge on any atom is -0.497 e. The van der Waals surface area contributed by atoms with E-state index in [0.717, 1.165) is 59.9 Å². The molecule has 6 rings (SSSR count). The molecule has 1 saturated heterocycles. The molecular weight excluding hydrogens is 644 g/mol. The summed E-state index contributed by atoms with van der Waals surface area (Å²) in [4.78, 5) is 2.45. The fraction of sp³-hybridized carbons (Fsp3) is 0.472. The first kappa shape index (κ1) is 34.8. The molecule has 1 unspecified atom stereocenters. The molecule has 2 aliphatic heterocycles. The molecule has 5 atom stereocenters. The lowest BCUT2D eigenvalue weighted by atomic mass is 9.81. The van der Waals surface area contributed by atoms with Gasteiger partial charge in [0.05, 0.1) is 30.3 Å². The van der Waals surface area contributed by atoms with Gasteiger partial charge in [-0.25, -0.2) is 13.5 Å². The molecule has 0 bridgehead atoms. The Hall–Kier alpha value is -4.04. The first-order valence-corrected chi connectivity index (χ1v) is 18.4. The Labute approximate surface area is 288 Å². The number of hydrogen-bond donors (Lipinski definition) is 2. The van der Waals surface area contributed by atoms with Crippen LogP contribution >= 0.6 is 0 Å². The first-order chi connectivity index (χ1) is 23.8. The van der Waals surface area contributed by atoms with E-state index in [-0.39, 0.29) is 22.8 Å². The molecule has 0 spiro atoms. The Kier molecular flexibility index (Phi) is 11.1. The van der Waals surface area contributed by atoms with Crippen molar-refractivity contribution in [3.8, 4) is 11.5 Å². The van der Waals surface area contributed by atoms with Crippen LogP contribution in [0.2, 0.25) is 0 Å². The lowest BCUT2D eigenvalue weighted by molar-refractivity contribution is -0.00706. The summed E-state index contributed by atoms with van der Waals surface area (Å²) < 4.78 is 52.8. The van der Waals surface area contributed by atoms with Gasteiger partial charge in [-0.1, -0.05) is 42.8 Å². The second-order valence-electron chi connectivity index (χ2n) is 12.9. The number of methoxy groups -OCH3 is 2. The highest BCUT2D eigenvalue weighted by atomic mass is 32.2. The Morgan fingerprint density at radius 2 is 1.86 bits per heavy atom. The van der Waals surface area contributed by atoms with E-state index in [0.29, 0.717) is 31.9 Å². The van der Waals surface area contributed by atoms with Crippen molar-refractivity contribution in [2.75, 3.05) is 52.0 Å². The fourth-order valence-electron chi connectivity index (χ4n) is 6.81. The number of aryl methyl sites for hydroxylation is 1. The Bertz CT molecular complexity index is 1750. The van der Waals surface area contributed by atoms with Crippen molar-refractivity contribution < 1.29 is 27.4 Å². The third-order valence-corrected chi connectivity index (χ3v) is 11.4. The van der Waals surface area contributed by atoms with Gasteiger partial charge < -0.3 is 29.2 Å². The Balaban J connectivity index is 1.35. The molecule has 12 nitrogen and oxygen atoms in total. The number of nitrogens with one attached hydrogen (secondary N) is 2. The van der Waals surface area contributed by atoms with E-state index in [1.165, 1.54) is 0 Å². The summed E-state index contributed by atoms with van der Waals surface area (Å²) in [5, 5.41) is 18.1. The lowest BCUT2D eigenvalue weighted by Crippen LogP contribution is -2.48. The molecule has 262 valence electrons. The smallest absolute Gasteiger partial charge is 0.209 e. The van der Waals surface area contributed by atoms with Crippen molar-refractivity contribution in [2.45, 2.75) is 67.4 Å². The molecular formula is C36H46N6O6S. The van der Waals surface area contributed by atoms with Crippen molar-refractivity contribution in [1.29, 1.82) is 0 Å². The minimum atomic E-state index is -3.99. The average Bonchev–Trinajstić information content (AvgIpc) is 3.67. The Morgan fingerprint density at radius 1 is 1.06 bits per heavy atom. The molecule has 0 radical (unpaired) electrons. The highest BCUT2D eigenvalue weighted by Gasteiger charge is 2.39. The van der Waals surface area contributed by atoms with Crippen LogP contribution in [0.5, 0.6) is 11.5 Å². The molecule has 2 aliphatic rings. The van der Waals surface area contributed by atoms with E-state index in [4.69, 9.17) is 18.9 Å². The van der Waals surface area contributed by atoms with Gasteiger partial charge in [-0.05, 0) is 84.1 Å². The average molecular weight is 691 g/mol. The second kappa shape index (κ2) is 15.7. The van der Waals surface area contributed by atoms with Crippen LogP contribution in [-0.4, -0.2) is 88.3 Å². The maximum atomic E-state index is 14.6. The molecule has 0 amide bonds. The number of piperidine rings is 1. The number of aromatic amines is 1. The normalized spacial score (nSPS) is 20.7. The highest BCUT2D eigenvalue weighted by Crippen LogP contribution is 2.42. The van der Waals surface area contributed by atoms with E-state index in [1.54, 1.807) is 26.4 Å². The number of rotatable bonds is 14. The van der Waals surface area contributed by atoms with Gasteiger partial charge in [0.2, 0.25) is 9.84 Å².